The van der Waals surface area contributed by atoms with Crippen molar-refractivity contribution >= 4 is 21.6 Å². The van der Waals surface area contributed by atoms with E-state index in [2.05, 4.69) is 51.6 Å². The van der Waals surface area contributed by atoms with E-state index < -0.39 is 0 Å². The Morgan fingerprint density at radius 3 is 2.50 bits per heavy atom. The summed E-state index contributed by atoms with van der Waals surface area (Å²) in [7, 11) is 0. The third-order valence-electron chi connectivity index (χ3n) is 2.78. The third kappa shape index (κ3) is 4.17. The average molecular weight is 305 g/mol. The molecule has 2 rings (SSSR count). The first-order chi connectivity index (χ1) is 8.74. The Labute approximate surface area is 116 Å². The number of nitrogens with one attached hydrogen (secondary N) is 1. The van der Waals surface area contributed by atoms with E-state index in [0.29, 0.717) is 0 Å². The lowest BCUT2D eigenvalue weighted by molar-refractivity contribution is 0.687. The van der Waals surface area contributed by atoms with Gasteiger partial charge in [0.15, 0.2) is 0 Å². The topological polar surface area (TPSA) is 38.0 Å². The summed E-state index contributed by atoms with van der Waals surface area (Å²) in [5.74, 6) is 0. The first-order valence-electron chi connectivity index (χ1n) is 6.03. The minimum atomic E-state index is 0.821. The zero-order chi connectivity index (χ0) is 12.8. The Kier molecular flexibility index (Phi) is 4.79. The average Bonchev–Trinajstić information content (AvgIpc) is 2.37. The molecule has 0 amide bonds. The quantitative estimate of drug-likeness (QED) is 0.656. The van der Waals surface area contributed by atoms with Crippen molar-refractivity contribution in [2.75, 3.05) is 12.3 Å². The fourth-order valence-corrected chi connectivity index (χ4v) is 2.08. The SMILES string of the molecule is Nc1cccc(CNCCc2ccc(Br)cc2)c1. The van der Waals surface area contributed by atoms with Gasteiger partial charge in [0.05, 0.1) is 0 Å². The van der Waals surface area contributed by atoms with Gasteiger partial charge in [-0.2, -0.15) is 0 Å². The third-order valence-corrected chi connectivity index (χ3v) is 3.31. The molecule has 0 heterocycles. The standard InChI is InChI=1S/C15H17BrN2/c16-14-6-4-12(5-7-14)8-9-18-11-13-2-1-3-15(17)10-13/h1-7,10,18H,8-9,11,17H2. The van der Waals surface area contributed by atoms with Crippen molar-refractivity contribution in [1.82, 2.24) is 5.32 Å². The number of hydrogen-bond acceptors (Lipinski definition) is 2. The highest BCUT2D eigenvalue weighted by Gasteiger charge is 1.95. The van der Waals surface area contributed by atoms with Crippen molar-refractivity contribution in [2.24, 2.45) is 0 Å². The molecule has 3 heteroatoms. The molecular formula is C15H17BrN2. The molecule has 2 aromatic rings. The highest BCUT2D eigenvalue weighted by atomic mass is 79.9. The second kappa shape index (κ2) is 6.57. The monoisotopic (exact) mass is 304 g/mol. The van der Waals surface area contributed by atoms with Crippen LogP contribution in [0.4, 0.5) is 5.69 Å². The molecule has 0 unspecified atom stereocenters. The summed E-state index contributed by atoms with van der Waals surface area (Å²) >= 11 is 3.44. The largest absolute Gasteiger partial charge is 0.399 e. The number of nitrogens with two attached hydrogens (primary N) is 1. The summed E-state index contributed by atoms with van der Waals surface area (Å²) in [5, 5.41) is 3.42. The maximum Gasteiger partial charge on any atom is 0.0317 e. The Morgan fingerprint density at radius 1 is 1.00 bits per heavy atom. The number of benzene rings is 2. The molecule has 0 atom stereocenters. The lowest BCUT2D eigenvalue weighted by atomic mass is 10.1. The first-order valence-corrected chi connectivity index (χ1v) is 6.83. The van der Waals surface area contributed by atoms with Gasteiger partial charge >= 0.3 is 0 Å². The van der Waals surface area contributed by atoms with Gasteiger partial charge in [0.2, 0.25) is 0 Å². The smallest absolute Gasteiger partial charge is 0.0317 e. The molecule has 18 heavy (non-hydrogen) atoms. The van der Waals surface area contributed by atoms with E-state index in [4.69, 9.17) is 5.73 Å². The number of anilines is 1. The van der Waals surface area contributed by atoms with Crippen LogP contribution < -0.4 is 11.1 Å². The molecule has 2 nitrogen and oxygen atoms in total. The zero-order valence-corrected chi connectivity index (χ0v) is 11.8. The summed E-state index contributed by atoms with van der Waals surface area (Å²) in [6, 6.07) is 16.4. The second-order valence-corrected chi connectivity index (χ2v) is 5.21. The molecule has 0 spiro atoms. The summed E-state index contributed by atoms with van der Waals surface area (Å²) in [6.07, 6.45) is 1.04. The van der Waals surface area contributed by atoms with Crippen LogP contribution in [0.5, 0.6) is 0 Å². The Hall–Kier alpha value is -1.32. The second-order valence-electron chi connectivity index (χ2n) is 4.30. The summed E-state index contributed by atoms with van der Waals surface area (Å²) in [6.45, 7) is 1.83. The summed E-state index contributed by atoms with van der Waals surface area (Å²) < 4.78 is 1.12. The van der Waals surface area contributed by atoms with Gasteiger partial charge in [-0.25, -0.2) is 0 Å². The van der Waals surface area contributed by atoms with Crippen molar-refractivity contribution in [3.05, 3.63) is 64.1 Å². The van der Waals surface area contributed by atoms with Crippen molar-refractivity contribution in [2.45, 2.75) is 13.0 Å². The molecular weight excluding hydrogens is 288 g/mol. The van der Waals surface area contributed by atoms with Crippen molar-refractivity contribution in [1.29, 1.82) is 0 Å². The maximum absolute atomic E-state index is 5.74. The molecule has 0 aromatic heterocycles. The molecule has 0 bridgehead atoms. The molecule has 0 saturated carbocycles. The van der Waals surface area contributed by atoms with E-state index in [-0.39, 0.29) is 0 Å². The fourth-order valence-electron chi connectivity index (χ4n) is 1.82. The number of hydrogen-bond donors (Lipinski definition) is 2. The van der Waals surface area contributed by atoms with Gasteiger partial charge in [0, 0.05) is 16.7 Å². The van der Waals surface area contributed by atoms with Crippen molar-refractivity contribution in [3.8, 4) is 0 Å². The fraction of sp³-hybridized carbons (Fsp3) is 0.200. The molecule has 0 radical (unpaired) electrons. The molecule has 94 valence electrons. The van der Waals surface area contributed by atoms with Gasteiger partial charge in [-0.15, -0.1) is 0 Å². The number of nitrogen functional groups attached to an aromatic ring is 1. The van der Waals surface area contributed by atoms with E-state index >= 15 is 0 Å². The zero-order valence-electron chi connectivity index (χ0n) is 10.2. The predicted octanol–water partition coefficient (Wildman–Crippen LogP) is 3.36. The Bertz CT molecular complexity index is 494. The van der Waals surface area contributed by atoms with Crippen molar-refractivity contribution < 1.29 is 0 Å². The molecule has 0 aliphatic rings. The van der Waals surface area contributed by atoms with Crippen LogP contribution in [-0.2, 0) is 13.0 Å². The Balaban J connectivity index is 1.74. The van der Waals surface area contributed by atoms with Gasteiger partial charge in [-0.05, 0) is 48.4 Å². The van der Waals surface area contributed by atoms with Gasteiger partial charge in [0.25, 0.3) is 0 Å². The minimum Gasteiger partial charge on any atom is -0.399 e. The highest BCUT2D eigenvalue weighted by molar-refractivity contribution is 9.10. The highest BCUT2D eigenvalue weighted by Crippen LogP contribution is 2.10. The molecule has 0 aliphatic heterocycles. The van der Waals surface area contributed by atoms with Crippen LogP contribution in [0, 0.1) is 0 Å². The Morgan fingerprint density at radius 2 is 1.78 bits per heavy atom. The predicted molar refractivity (Wildman–Crippen MR) is 80.4 cm³/mol. The van der Waals surface area contributed by atoms with Crippen molar-refractivity contribution in [3.63, 3.8) is 0 Å². The number of rotatable bonds is 5. The van der Waals surface area contributed by atoms with Gasteiger partial charge < -0.3 is 11.1 Å². The summed E-state index contributed by atoms with van der Waals surface area (Å²) in [4.78, 5) is 0. The molecule has 2 aromatic carbocycles. The van der Waals surface area contributed by atoms with E-state index in [1.807, 2.05) is 18.2 Å². The van der Waals surface area contributed by atoms with E-state index in [1.54, 1.807) is 0 Å². The first kappa shape index (κ1) is 13.1. The van der Waals surface area contributed by atoms with Crippen LogP contribution in [0.2, 0.25) is 0 Å². The summed E-state index contributed by atoms with van der Waals surface area (Å²) in [5.41, 5.74) is 9.13. The van der Waals surface area contributed by atoms with Crippen LogP contribution in [0.1, 0.15) is 11.1 Å². The molecule has 0 fully saturated rings. The lowest BCUT2D eigenvalue weighted by Crippen LogP contribution is -2.16. The van der Waals surface area contributed by atoms with Crippen LogP contribution >= 0.6 is 15.9 Å². The molecule has 3 N–H and O–H groups in total. The van der Waals surface area contributed by atoms with Crippen LogP contribution in [0.3, 0.4) is 0 Å². The minimum absolute atomic E-state index is 0.821. The van der Waals surface area contributed by atoms with Crippen LogP contribution in [0.25, 0.3) is 0 Å². The molecule has 0 saturated heterocycles. The maximum atomic E-state index is 5.74. The van der Waals surface area contributed by atoms with E-state index in [0.717, 1.165) is 29.7 Å². The van der Waals surface area contributed by atoms with Gasteiger partial charge in [-0.3, -0.25) is 0 Å². The van der Waals surface area contributed by atoms with Gasteiger partial charge in [-0.1, -0.05) is 40.2 Å². The van der Waals surface area contributed by atoms with Crippen LogP contribution in [0.15, 0.2) is 53.0 Å². The van der Waals surface area contributed by atoms with Gasteiger partial charge in [0.1, 0.15) is 0 Å². The van der Waals surface area contributed by atoms with E-state index in [9.17, 15) is 0 Å². The van der Waals surface area contributed by atoms with E-state index in [1.165, 1.54) is 11.1 Å². The normalized spacial score (nSPS) is 10.5. The lowest BCUT2D eigenvalue weighted by Gasteiger charge is -2.06. The van der Waals surface area contributed by atoms with Crippen LogP contribution in [-0.4, -0.2) is 6.54 Å². The molecule has 0 aliphatic carbocycles. The number of halogens is 1.